The molecule has 2 aromatic carbocycles. The molecule has 0 atom stereocenters. The summed E-state index contributed by atoms with van der Waals surface area (Å²) in [6.45, 7) is 6.29. The van der Waals surface area contributed by atoms with Gasteiger partial charge in [-0.05, 0) is 61.2 Å². The molecule has 1 heterocycles. The fourth-order valence-corrected chi connectivity index (χ4v) is 2.72. The van der Waals surface area contributed by atoms with E-state index < -0.39 is 0 Å². The van der Waals surface area contributed by atoms with Crippen molar-refractivity contribution in [1.29, 1.82) is 0 Å². The van der Waals surface area contributed by atoms with Crippen LogP contribution in [0.1, 0.15) is 19.4 Å². The maximum absolute atomic E-state index is 5.71. The van der Waals surface area contributed by atoms with Crippen LogP contribution in [0.3, 0.4) is 0 Å². The SMILES string of the molecule is CCOc1ccc(-c2ccc3c(c2)CCN3)cc1OCC. The molecule has 0 aromatic heterocycles. The van der Waals surface area contributed by atoms with Crippen molar-refractivity contribution >= 4 is 5.69 Å². The van der Waals surface area contributed by atoms with E-state index in [0.29, 0.717) is 13.2 Å². The largest absolute Gasteiger partial charge is 0.490 e. The summed E-state index contributed by atoms with van der Waals surface area (Å²) in [5.41, 5.74) is 5.03. The highest BCUT2D eigenvalue weighted by molar-refractivity contribution is 5.72. The van der Waals surface area contributed by atoms with E-state index in [9.17, 15) is 0 Å². The second-order valence-corrected chi connectivity index (χ2v) is 5.08. The molecule has 0 bridgehead atoms. The van der Waals surface area contributed by atoms with Gasteiger partial charge in [0.2, 0.25) is 0 Å². The van der Waals surface area contributed by atoms with Gasteiger partial charge in [-0.2, -0.15) is 0 Å². The first-order chi connectivity index (χ1) is 10.3. The Kier molecular flexibility index (Phi) is 4.00. The van der Waals surface area contributed by atoms with Gasteiger partial charge < -0.3 is 14.8 Å². The van der Waals surface area contributed by atoms with Crippen molar-refractivity contribution in [1.82, 2.24) is 0 Å². The van der Waals surface area contributed by atoms with Crippen LogP contribution in [0.25, 0.3) is 11.1 Å². The summed E-state index contributed by atoms with van der Waals surface area (Å²) in [4.78, 5) is 0. The molecule has 0 spiro atoms. The van der Waals surface area contributed by atoms with Crippen molar-refractivity contribution in [2.24, 2.45) is 0 Å². The number of benzene rings is 2. The van der Waals surface area contributed by atoms with Crippen molar-refractivity contribution in [2.75, 3.05) is 25.1 Å². The number of hydrogen-bond donors (Lipinski definition) is 1. The maximum Gasteiger partial charge on any atom is 0.161 e. The number of rotatable bonds is 5. The van der Waals surface area contributed by atoms with Crippen LogP contribution in [0.2, 0.25) is 0 Å². The zero-order valence-corrected chi connectivity index (χ0v) is 12.6. The Bertz CT molecular complexity index is 637. The van der Waals surface area contributed by atoms with E-state index in [-0.39, 0.29) is 0 Å². The minimum atomic E-state index is 0.637. The lowest BCUT2D eigenvalue weighted by Gasteiger charge is -2.13. The van der Waals surface area contributed by atoms with E-state index in [0.717, 1.165) is 30.0 Å². The quantitative estimate of drug-likeness (QED) is 0.895. The second kappa shape index (κ2) is 6.08. The van der Waals surface area contributed by atoms with Gasteiger partial charge in [-0.3, -0.25) is 0 Å². The van der Waals surface area contributed by atoms with Gasteiger partial charge in [0, 0.05) is 12.2 Å². The van der Waals surface area contributed by atoms with Gasteiger partial charge in [0.05, 0.1) is 13.2 Å². The topological polar surface area (TPSA) is 30.5 Å². The van der Waals surface area contributed by atoms with Crippen LogP contribution in [-0.4, -0.2) is 19.8 Å². The molecular formula is C18H21NO2. The minimum absolute atomic E-state index is 0.637. The predicted octanol–water partition coefficient (Wildman–Crippen LogP) is 4.12. The van der Waals surface area contributed by atoms with E-state index in [4.69, 9.17) is 9.47 Å². The molecule has 3 heteroatoms. The van der Waals surface area contributed by atoms with Crippen LogP contribution >= 0.6 is 0 Å². The lowest BCUT2D eigenvalue weighted by molar-refractivity contribution is 0.288. The molecule has 1 N–H and O–H groups in total. The van der Waals surface area contributed by atoms with Crippen LogP contribution in [0.4, 0.5) is 5.69 Å². The highest BCUT2D eigenvalue weighted by Gasteiger charge is 2.12. The molecule has 1 aliphatic heterocycles. The number of hydrogen-bond acceptors (Lipinski definition) is 3. The molecule has 0 saturated carbocycles. The highest BCUT2D eigenvalue weighted by atomic mass is 16.5. The van der Waals surface area contributed by atoms with E-state index in [1.807, 2.05) is 19.9 Å². The number of fused-ring (bicyclic) bond motifs is 1. The summed E-state index contributed by atoms with van der Waals surface area (Å²) >= 11 is 0. The number of anilines is 1. The number of nitrogens with one attached hydrogen (secondary N) is 1. The Morgan fingerprint density at radius 3 is 2.43 bits per heavy atom. The van der Waals surface area contributed by atoms with Gasteiger partial charge >= 0.3 is 0 Å². The molecule has 3 nitrogen and oxygen atoms in total. The monoisotopic (exact) mass is 283 g/mol. The van der Waals surface area contributed by atoms with Crippen LogP contribution in [-0.2, 0) is 6.42 Å². The van der Waals surface area contributed by atoms with Gasteiger partial charge in [0.25, 0.3) is 0 Å². The first kappa shape index (κ1) is 13.8. The molecule has 21 heavy (non-hydrogen) atoms. The van der Waals surface area contributed by atoms with Crippen molar-refractivity contribution in [3.63, 3.8) is 0 Å². The maximum atomic E-state index is 5.71. The molecule has 0 fully saturated rings. The first-order valence-electron chi connectivity index (χ1n) is 7.58. The molecule has 0 radical (unpaired) electrons. The molecule has 2 aromatic rings. The predicted molar refractivity (Wildman–Crippen MR) is 86.4 cm³/mol. The lowest BCUT2D eigenvalue weighted by atomic mass is 10.0. The van der Waals surface area contributed by atoms with Crippen molar-refractivity contribution < 1.29 is 9.47 Å². The van der Waals surface area contributed by atoms with E-state index >= 15 is 0 Å². The fourth-order valence-electron chi connectivity index (χ4n) is 2.72. The third kappa shape index (κ3) is 2.82. The van der Waals surface area contributed by atoms with Crippen LogP contribution < -0.4 is 14.8 Å². The summed E-state index contributed by atoms with van der Waals surface area (Å²) in [5.74, 6) is 1.63. The molecule has 3 rings (SSSR count). The Morgan fingerprint density at radius 2 is 1.62 bits per heavy atom. The van der Waals surface area contributed by atoms with Crippen molar-refractivity contribution in [2.45, 2.75) is 20.3 Å². The molecule has 0 unspecified atom stereocenters. The summed E-state index contributed by atoms with van der Waals surface area (Å²) in [6.07, 6.45) is 1.10. The Morgan fingerprint density at radius 1 is 0.905 bits per heavy atom. The third-order valence-corrected chi connectivity index (χ3v) is 3.69. The normalized spacial score (nSPS) is 12.7. The zero-order chi connectivity index (χ0) is 14.7. The standard InChI is InChI=1S/C18H21NO2/c1-3-20-17-8-6-14(12-18(17)21-4-2)13-5-7-16-15(11-13)9-10-19-16/h5-8,11-12,19H,3-4,9-10H2,1-2H3. The summed E-state index contributed by atoms with van der Waals surface area (Å²) in [7, 11) is 0. The second-order valence-electron chi connectivity index (χ2n) is 5.08. The Balaban J connectivity index is 1.96. The van der Waals surface area contributed by atoms with Gasteiger partial charge in [-0.15, -0.1) is 0 Å². The molecular weight excluding hydrogens is 262 g/mol. The Labute approximate surface area is 125 Å². The third-order valence-electron chi connectivity index (χ3n) is 3.69. The first-order valence-corrected chi connectivity index (χ1v) is 7.58. The van der Waals surface area contributed by atoms with E-state index in [1.54, 1.807) is 0 Å². The molecule has 0 amide bonds. The van der Waals surface area contributed by atoms with Gasteiger partial charge in [0.15, 0.2) is 11.5 Å². The summed E-state index contributed by atoms with van der Waals surface area (Å²) < 4.78 is 11.3. The number of ether oxygens (including phenoxy) is 2. The summed E-state index contributed by atoms with van der Waals surface area (Å²) in [6, 6.07) is 12.7. The van der Waals surface area contributed by atoms with Gasteiger partial charge in [-0.1, -0.05) is 12.1 Å². The molecule has 110 valence electrons. The molecule has 1 aliphatic rings. The fraction of sp³-hybridized carbons (Fsp3) is 0.333. The smallest absolute Gasteiger partial charge is 0.161 e. The van der Waals surface area contributed by atoms with Crippen LogP contribution in [0.15, 0.2) is 36.4 Å². The van der Waals surface area contributed by atoms with E-state index in [1.165, 1.54) is 16.8 Å². The summed E-state index contributed by atoms with van der Waals surface area (Å²) in [5, 5.41) is 3.39. The molecule has 0 aliphatic carbocycles. The Hall–Kier alpha value is -2.16. The van der Waals surface area contributed by atoms with Gasteiger partial charge in [-0.25, -0.2) is 0 Å². The van der Waals surface area contributed by atoms with E-state index in [2.05, 4.69) is 35.6 Å². The van der Waals surface area contributed by atoms with Crippen LogP contribution in [0.5, 0.6) is 11.5 Å². The van der Waals surface area contributed by atoms with Crippen LogP contribution in [0, 0.1) is 0 Å². The average Bonchev–Trinajstić information content (AvgIpc) is 2.97. The molecule has 0 saturated heterocycles. The van der Waals surface area contributed by atoms with Crippen molar-refractivity contribution in [3.05, 3.63) is 42.0 Å². The zero-order valence-electron chi connectivity index (χ0n) is 12.6. The van der Waals surface area contributed by atoms with Crippen molar-refractivity contribution in [3.8, 4) is 22.6 Å². The minimum Gasteiger partial charge on any atom is -0.490 e. The van der Waals surface area contributed by atoms with Gasteiger partial charge in [0.1, 0.15) is 0 Å². The lowest BCUT2D eigenvalue weighted by Crippen LogP contribution is -1.98. The highest BCUT2D eigenvalue weighted by Crippen LogP contribution is 2.34. The average molecular weight is 283 g/mol.